The number of azide groups is 2. The fraction of sp³-hybridized carbons (Fsp3) is 0.148. The van der Waals surface area contributed by atoms with Gasteiger partial charge in [-0.2, -0.15) is 0 Å². The molecule has 266 valence electrons. The Morgan fingerprint density at radius 3 is 1.39 bits per heavy atom. The minimum absolute atomic E-state index is 0.213. The van der Waals surface area contributed by atoms with Crippen LogP contribution in [0.3, 0.4) is 0 Å². The Hall–Kier alpha value is -6.77. The Kier molecular flexibility index (Phi) is 12.6. The van der Waals surface area contributed by atoms with Crippen LogP contribution in [0.2, 0.25) is 0 Å². The molecule has 2 heterocycles. The zero-order valence-corrected chi connectivity index (χ0v) is 24.7. The van der Waals surface area contributed by atoms with Crippen molar-refractivity contribution in [3.8, 4) is 0 Å². The summed E-state index contributed by atoms with van der Waals surface area (Å²) in [5.74, 6) is -22.4. The first-order chi connectivity index (χ1) is 24.1. The smallest absolute Gasteiger partial charge is 0.346 e. The van der Waals surface area contributed by atoms with E-state index in [2.05, 4.69) is 26.3 Å². The Balaban J connectivity index is 0.000000277. The summed E-state index contributed by atoms with van der Waals surface area (Å²) in [6.45, 7) is 1.53. The third kappa shape index (κ3) is 8.28. The van der Waals surface area contributed by atoms with E-state index in [1.165, 1.54) is 17.1 Å². The first kappa shape index (κ1) is 38.7. The number of carbonyl (C=O) groups excluding carboxylic acids is 5. The van der Waals surface area contributed by atoms with Crippen molar-refractivity contribution in [2.24, 2.45) is 10.2 Å². The molecule has 0 N–H and O–H groups in total. The van der Waals surface area contributed by atoms with Gasteiger partial charge in [-0.25, -0.2) is 49.6 Å². The highest BCUT2D eigenvalue weighted by Crippen LogP contribution is 2.32. The molecule has 2 aromatic carbocycles. The number of amides is 3. The molecule has 0 bridgehead atoms. The van der Waals surface area contributed by atoms with Gasteiger partial charge in [0.2, 0.25) is 0 Å². The number of allylic oxidation sites excluding steroid dienone is 1. The van der Waals surface area contributed by atoms with Crippen molar-refractivity contribution in [2.45, 2.75) is 0 Å². The summed E-state index contributed by atoms with van der Waals surface area (Å²) in [4.78, 5) is 62.7. The molecule has 51 heavy (non-hydrogen) atoms. The van der Waals surface area contributed by atoms with E-state index < -0.39 is 106 Å². The number of hydrogen-bond acceptors (Lipinski definition) is 10. The van der Waals surface area contributed by atoms with Gasteiger partial charge in [-0.3, -0.25) is 19.3 Å². The fourth-order valence-corrected chi connectivity index (χ4v) is 3.67. The number of ether oxygens (including phenoxy) is 3. The third-order valence-electron chi connectivity index (χ3n) is 6.12. The van der Waals surface area contributed by atoms with Gasteiger partial charge in [0.25, 0.3) is 17.7 Å². The van der Waals surface area contributed by atoms with Crippen molar-refractivity contribution < 1.29 is 73.3 Å². The molecule has 0 spiro atoms. The predicted octanol–water partition coefficient (Wildman–Crippen LogP) is 5.45. The number of rotatable bonds is 11. The molecule has 0 radical (unpaired) electrons. The van der Waals surface area contributed by atoms with E-state index in [4.69, 9.17) is 15.8 Å². The van der Waals surface area contributed by atoms with Crippen molar-refractivity contribution in [3.05, 3.63) is 115 Å². The lowest BCUT2D eigenvalue weighted by Gasteiger charge is -2.17. The second-order valence-electron chi connectivity index (χ2n) is 9.10. The van der Waals surface area contributed by atoms with E-state index >= 15 is 0 Å². The Labute approximate surface area is 276 Å². The van der Waals surface area contributed by atoms with Gasteiger partial charge in [0, 0.05) is 33.7 Å². The second-order valence-corrected chi connectivity index (χ2v) is 9.10. The van der Waals surface area contributed by atoms with Gasteiger partial charge in [0.1, 0.15) is 35.8 Å². The predicted molar refractivity (Wildman–Crippen MR) is 148 cm³/mol. The van der Waals surface area contributed by atoms with E-state index in [0.717, 1.165) is 12.2 Å². The normalized spacial score (nSPS) is 13.2. The van der Waals surface area contributed by atoms with Gasteiger partial charge >= 0.3 is 11.9 Å². The number of carbonyl (C=O) groups is 5. The molecule has 2 aliphatic heterocycles. The third-order valence-corrected chi connectivity index (χ3v) is 6.12. The SMILES string of the molecule is C=C1C=CC(=O)N1COCCOC(=O)c1c(F)c(F)c(N=[N+]=[N-])c(F)c1F.[N-]=[N+]=Nc1c(F)c(F)c(C(=O)OCN2C(=O)C=CC2=O)c(F)c1F. The van der Waals surface area contributed by atoms with Gasteiger partial charge < -0.3 is 14.2 Å². The highest BCUT2D eigenvalue weighted by molar-refractivity contribution is 6.12. The second kappa shape index (κ2) is 16.6. The van der Waals surface area contributed by atoms with Gasteiger partial charge in [-0.15, -0.1) is 0 Å². The van der Waals surface area contributed by atoms with Gasteiger partial charge in [0.15, 0.2) is 53.3 Å². The Morgan fingerprint density at radius 2 is 1.00 bits per heavy atom. The van der Waals surface area contributed by atoms with Crippen molar-refractivity contribution >= 4 is 41.0 Å². The first-order valence-corrected chi connectivity index (χ1v) is 13.0. The lowest BCUT2D eigenvalue weighted by molar-refractivity contribution is -0.141. The zero-order chi connectivity index (χ0) is 38.2. The molecule has 0 fully saturated rings. The van der Waals surface area contributed by atoms with Crippen LogP contribution in [0.4, 0.5) is 46.5 Å². The number of halogens is 8. The summed E-state index contributed by atoms with van der Waals surface area (Å²) in [6.07, 6.45) is 4.43. The molecule has 0 saturated heterocycles. The molecule has 0 aliphatic carbocycles. The summed E-state index contributed by atoms with van der Waals surface area (Å²) < 4.78 is 123. The van der Waals surface area contributed by atoms with Crippen LogP contribution in [0.1, 0.15) is 20.7 Å². The molecule has 16 nitrogen and oxygen atoms in total. The van der Waals surface area contributed by atoms with Crippen LogP contribution in [-0.2, 0) is 28.6 Å². The van der Waals surface area contributed by atoms with E-state index in [1.807, 2.05) is 9.82 Å². The average molecular weight is 730 g/mol. The summed E-state index contributed by atoms with van der Waals surface area (Å²) in [5, 5.41) is 4.95. The largest absolute Gasteiger partial charge is 0.459 e. The topological polar surface area (TPSA) is 217 Å². The number of benzene rings is 2. The maximum atomic E-state index is 13.8. The lowest BCUT2D eigenvalue weighted by Crippen LogP contribution is -2.33. The zero-order valence-electron chi connectivity index (χ0n) is 24.7. The Bertz CT molecular complexity index is 1940. The summed E-state index contributed by atoms with van der Waals surface area (Å²) in [6, 6.07) is 0. The van der Waals surface area contributed by atoms with E-state index in [0.29, 0.717) is 10.6 Å². The quantitative estimate of drug-likeness (QED) is 0.0422. The molecular formula is C27H14F8N8O8. The van der Waals surface area contributed by atoms with Crippen LogP contribution in [0, 0.1) is 46.5 Å². The number of imide groups is 1. The number of esters is 2. The van der Waals surface area contributed by atoms with Crippen molar-refractivity contribution in [1.29, 1.82) is 0 Å². The van der Waals surface area contributed by atoms with E-state index in [1.54, 1.807) is 0 Å². The van der Waals surface area contributed by atoms with Crippen molar-refractivity contribution in [1.82, 2.24) is 9.80 Å². The van der Waals surface area contributed by atoms with Crippen LogP contribution >= 0.6 is 0 Å². The average Bonchev–Trinajstić information content (AvgIpc) is 3.59. The minimum Gasteiger partial charge on any atom is -0.459 e. The van der Waals surface area contributed by atoms with Crippen LogP contribution in [0.25, 0.3) is 20.9 Å². The molecule has 2 aromatic rings. The monoisotopic (exact) mass is 730 g/mol. The van der Waals surface area contributed by atoms with E-state index in [-0.39, 0.29) is 19.2 Å². The summed E-state index contributed by atoms with van der Waals surface area (Å²) in [5.41, 5.74) is 10.1. The molecule has 4 rings (SSSR count). The molecule has 0 aromatic heterocycles. The Morgan fingerprint density at radius 1 is 0.608 bits per heavy atom. The molecule has 0 atom stereocenters. The van der Waals surface area contributed by atoms with E-state index in [9.17, 15) is 59.1 Å². The van der Waals surface area contributed by atoms with Crippen LogP contribution in [0.5, 0.6) is 0 Å². The van der Waals surface area contributed by atoms with Crippen LogP contribution in [0.15, 0.2) is 46.8 Å². The standard InChI is InChI=1S/C15H10F4N4O4.C12H4F4N4O4/c1-7-2-3-8(24)23(7)6-26-4-5-27-15(25)9-10(16)12(18)14(21-22-20)13(19)11(9)17;13-7-6(8(14)10(16)11(9(7)15)18-19-17)12(23)24-3-20-4(21)1-2-5(20)22/h2-3H,1,4-6H2;1-2H,3H2. The highest BCUT2D eigenvalue weighted by atomic mass is 19.2. The minimum atomic E-state index is -2.15. The van der Waals surface area contributed by atoms with Gasteiger partial charge in [-0.05, 0) is 17.1 Å². The molecule has 24 heteroatoms. The molecule has 2 aliphatic rings. The number of nitrogens with zero attached hydrogens (tertiary/aromatic N) is 8. The molecule has 0 saturated carbocycles. The fourth-order valence-electron chi connectivity index (χ4n) is 3.67. The first-order valence-electron chi connectivity index (χ1n) is 13.0. The summed E-state index contributed by atoms with van der Waals surface area (Å²) >= 11 is 0. The number of hydrogen-bond donors (Lipinski definition) is 0. The van der Waals surface area contributed by atoms with Gasteiger partial charge in [-0.1, -0.05) is 16.8 Å². The van der Waals surface area contributed by atoms with Crippen molar-refractivity contribution in [2.75, 3.05) is 26.7 Å². The molecule has 3 amide bonds. The highest BCUT2D eigenvalue weighted by Gasteiger charge is 2.32. The van der Waals surface area contributed by atoms with Crippen molar-refractivity contribution in [3.63, 3.8) is 0 Å². The van der Waals surface area contributed by atoms with Gasteiger partial charge in [0.05, 0.1) is 6.61 Å². The van der Waals surface area contributed by atoms with Crippen LogP contribution in [-0.4, -0.2) is 66.1 Å². The maximum absolute atomic E-state index is 13.8. The summed E-state index contributed by atoms with van der Waals surface area (Å²) in [7, 11) is 0. The lowest BCUT2D eigenvalue weighted by atomic mass is 10.1. The maximum Gasteiger partial charge on any atom is 0.346 e. The van der Waals surface area contributed by atoms with Crippen LogP contribution < -0.4 is 0 Å². The molecular weight excluding hydrogens is 716 g/mol. The molecule has 0 unspecified atom stereocenters.